The molecule has 0 spiro atoms. The molecule has 4 heterocycles. The number of amidine groups is 1. The third-order valence-electron chi connectivity index (χ3n) is 3.89. The van der Waals surface area contributed by atoms with Crippen LogP contribution < -0.4 is 5.73 Å². The number of allylic oxidation sites excluding steroid dienone is 4. The molecule has 0 bridgehead atoms. The smallest absolute Gasteiger partial charge is 0.151 e. The number of rotatable bonds is 3. The summed E-state index contributed by atoms with van der Waals surface area (Å²) in [6, 6.07) is 0. The van der Waals surface area contributed by atoms with Crippen LogP contribution in [0.1, 0.15) is 30.6 Å². The molecular weight excluding hydrogens is 268 g/mol. The number of nitrogens with zero attached hydrogens (tertiary/aromatic N) is 3. The zero-order valence-electron chi connectivity index (χ0n) is 11.8. The molecule has 0 aliphatic carbocycles. The highest BCUT2D eigenvalue weighted by Gasteiger charge is 2.32. The fourth-order valence-corrected chi connectivity index (χ4v) is 2.94. The molecule has 0 saturated heterocycles. The van der Waals surface area contributed by atoms with Crippen LogP contribution in [0, 0.1) is 0 Å². The summed E-state index contributed by atoms with van der Waals surface area (Å²) >= 11 is 0. The van der Waals surface area contributed by atoms with E-state index in [4.69, 9.17) is 15.2 Å². The number of ether oxygens (including phenoxy) is 2. The van der Waals surface area contributed by atoms with Crippen molar-refractivity contribution in [2.75, 3.05) is 6.61 Å². The van der Waals surface area contributed by atoms with Gasteiger partial charge in [-0.3, -0.25) is 0 Å². The van der Waals surface area contributed by atoms with Gasteiger partial charge in [-0.25, -0.2) is 9.98 Å². The Labute approximate surface area is 122 Å². The van der Waals surface area contributed by atoms with E-state index in [1.54, 1.807) is 12.5 Å². The fourth-order valence-electron chi connectivity index (χ4n) is 2.94. The molecule has 0 saturated carbocycles. The van der Waals surface area contributed by atoms with Gasteiger partial charge in [0.05, 0.1) is 12.0 Å². The van der Waals surface area contributed by atoms with Gasteiger partial charge in [0.2, 0.25) is 0 Å². The summed E-state index contributed by atoms with van der Waals surface area (Å²) in [5.74, 6) is 2.29. The number of imidazole rings is 1. The first kappa shape index (κ1) is 12.4. The summed E-state index contributed by atoms with van der Waals surface area (Å²) in [6.45, 7) is 3.93. The lowest BCUT2D eigenvalue weighted by Crippen LogP contribution is -2.19. The van der Waals surface area contributed by atoms with Crippen LogP contribution in [-0.4, -0.2) is 22.0 Å². The van der Waals surface area contributed by atoms with Gasteiger partial charge in [0.1, 0.15) is 23.9 Å². The second kappa shape index (κ2) is 4.60. The lowest BCUT2D eigenvalue weighted by Gasteiger charge is -2.25. The van der Waals surface area contributed by atoms with Gasteiger partial charge >= 0.3 is 0 Å². The lowest BCUT2D eigenvalue weighted by molar-refractivity contribution is 0.125. The normalized spacial score (nSPS) is 18.7. The van der Waals surface area contributed by atoms with E-state index in [1.165, 1.54) is 0 Å². The Hall–Kier alpha value is -2.34. The van der Waals surface area contributed by atoms with Crippen LogP contribution in [-0.2, 0) is 22.6 Å². The fraction of sp³-hybridized carbons (Fsp3) is 0.333. The van der Waals surface area contributed by atoms with Crippen LogP contribution in [0.3, 0.4) is 0 Å². The van der Waals surface area contributed by atoms with E-state index in [-0.39, 0.29) is 0 Å². The Kier molecular flexibility index (Phi) is 2.71. The SMILES string of the molecule is CCOCc1nc2c3n1CCC1=C3C(=CN=C2N)C=CO1. The molecule has 3 aliphatic rings. The molecule has 4 rings (SSSR count). The van der Waals surface area contributed by atoms with Crippen molar-refractivity contribution in [3.63, 3.8) is 0 Å². The monoisotopic (exact) mass is 284 g/mol. The van der Waals surface area contributed by atoms with Gasteiger partial charge in [-0.1, -0.05) is 0 Å². The van der Waals surface area contributed by atoms with E-state index < -0.39 is 0 Å². The summed E-state index contributed by atoms with van der Waals surface area (Å²) < 4.78 is 13.4. The first-order valence-corrected chi connectivity index (χ1v) is 7.07. The zero-order chi connectivity index (χ0) is 14.4. The minimum Gasteiger partial charge on any atom is -0.469 e. The predicted octanol–water partition coefficient (Wildman–Crippen LogP) is 1.68. The van der Waals surface area contributed by atoms with Crippen molar-refractivity contribution in [1.29, 1.82) is 0 Å². The minimum absolute atomic E-state index is 0.436. The molecule has 21 heavy (non-hydrogen) atoms. The molecule has 0 amide bonds. The Morgan fingerprint density at radius 1 is 1.48 bits per heavy atom. The highest BCUT2D eigenvalue weighted by Crippen LogP contribution is 2.40. The van der Waals surface area contributed by atoms with Crippen LogP contribution in [0.25, 0.3) is 5.57 Å². The first-order valence-electron chi connectivity index (χ1n) is 7.07. The van der Waals surface area contributed by atoms with E-state index in [1.807, 2.05) is 13.0 Å². The number of hydrogen-bond acceptors (Lipinski definition) is 5. The van der Waals surface area contributed by atoms with Crippen molar-refractivity contribution in [3.8, 4) is 0 Å². The van der Waals surface area contributed by atoms with Crippen molar-refractivity contribution >= 4 is 11.4 Å². The van der Waals surface area contributed by atoms with Gasteiger partial charge in [-0.15, -0.1) is 0 Å². The Morgan fingerprint density at radius 3 is 3.24 bits per heavy atom. The maximum Gasteiger partial charge on any atom is 0.151 e. The van der Waals surface area contributed by atoms with Gasteiger partial charge in [0.25, 0.3) is 0 Å². The first-order chi connectivity index (χ1) is 10.3. The average molecular weight is 284 g/mol. The molecule has 1 aromatic rings. The minimum atomic E-state index is 0.436. The molecule has 0 fully saturated rings. The van der Waals surface area contributed by atoms with Crippen molar-refractivity contribution in [2.45, 2.75) is 26.5 Å². The second-order valence-corrected chi connectivity index (χ2v) is 5.08. The predicted molar refractivity (Wildman–Crippen MR) is 78.1 cm³/mol. The molecule has 0 unspecified atom stereocenters. The molecule has 108 valence electrons. The summed E-state index contributed by atoms with van der Waals surface area (Å²) in [7, 11) is 0. The van der Waals surface area contributed by atoms with Crippen molar-refractivity contribution < 1.29 is 9.47 Å². The van der Waals surface area contributed by atoms with E-state index in [9.17, 15) is 0 Å². The molecule has 0 atom stereocenters. The summed E-state index contributed by atoms with van der Waals surface area (Å²) in [5.41, 5.74) is 9.88. The number of aliphatic imine (C=N–C) groups is 1. The van der Waals surface area contributed by atoms with Crippen LogP contribution in [0.2, 0.25) is 0 Å². The topological polar surface area (TPSA) is 74.7 Å². The highest BCUT2D eigenvalue weighted by atomic mass is 16.5. The van der Waals surface area contributed by atoms with Crippen molar-refractivity contribution in [3.05, 3.63) is 47.1 Å². The van der Waals surface area contributed by atoms with E-state index in [2.05, 4.69) is 14.5 Å². The van der Waals surface area contributed by atoms with Gasteiger partial charge in [-0.05, 0) is 13.0 Å². The quantitative estimate of drug-likeness (QED) is 0.916. The largest absolute Gasteiger partial charge is 0.469 e. The number of hydrogen-bond donors (Lipinski definition) is 1. The van der Waals surface area contributed by atoms with Crippen LogP contribution in [0.5, 0.6) is 0 Å². The van der Waals surface area contributed by atoms with E-state index in [0.29, 0.717) is 19.0 Å². The third kappa shape index (κ3) is 1.76. The van der Waals surface area contributed by atoms with Gasteiger partial charge in [-0.2, -0.15) is 0 Å². The molecule has 0 aromatic carbocycles. The van der Waals surface area contributed by atoms with Crippen LogP contribution in [0.15, 0.2) is 34.9 Å². The number of aromatic nitrogens is 2. The molecule has 6 nitrogen and oxygen atoms in total. The molecule has 2 N–H and O–H groups in total. The number of nitrogens with two attached hydrogens (primary N) is 1. The molecular formula is C15H16N4O2. The maximum absolute atomic E-state index is 6.08. The Bertz CT molecular complexity index is 737. The molecule has 0 radical (unpaired) electrons. The van der Waals surface area contributed by atoms with Crippen LogP contribution in [0.4, 0.5) is 0 Å². The standard InChI is InChI=1S/C15H16N4O2/c1-2-20-8-11-18-13-14-12-9(7-17-15(13)16)4-6-21-10(12)3-5-19(11)14/h4,6-7H,2-3,5,8H2,1H3,(H2,16,17). The zero-order valence-corrected chi connectivity index (χ0v) is 11.8. The van der Waals surface area contributed by atoms with Crippen molar-refractivity contribution in [1.82, 2.24) is 9.55 Å². The van der Waals surface area contributed by atoms with Crippen LogP contribution >= 0.6 is 0 Å². The average Bonchev–Trinajstić information content (AvgIpc) is 2.82. The summed E-state index contributed by atoms with van der Waals surface area (Å²) in [6.07, 6.45) is 6.23. The van der Waals surface area contributed by atoms with E-state index >= 15 is 0 Å². The maximum atomic E-state index is 6.08. The van der Waals surface area contributed by atoms with Gasteiger partial charge < -0.3 is 19.8 Å². The molecule has 6 heteroatoms. The highest BCUT2D eigenvalue weighted by molar-refractivity contribution is 6.04. The van der Waals surface area contributed by atoms with Gasteiger partial charge in [0, 0.05) is 36.9 Å². The van der Waals surface area contributed by atoms with E-state index in [0.717, 1.165) is 47.1 Å². The third-order valence-corrected chi connectivity index (χ3v) is 3.89. The molecule has 3 aliphatic heterocycles. The Balaban J connectivity index is 1.93. The summed E-state index contributed by atoms with van der Waals surface area (Å²) in [5, 5.41) is 0. The second-order valence-electron chi connectivity index (χ2n) is 5.08. The van der Waals surface area contributed by atoms with Crippen molar-refractivity contribution in [2.24, 2.45) is 10.7 Å². The lowest BCUT2D eigenvalue weighted by atomic mass is 9.95. The molecule has 1 aromatic heterocycles. The van der Waals surface area contributed by atoms with Gasteiger partial charge in [0.15, 0.2) is 5.84 Å². The summed E-state index contributed by atoms with van der Waals surface area (Å²) in [4.78, 5) is 8.97. The Morgan fingerprint density at radius 2 is 2.38 bits per heavy atom.